The summed E-state index contributed by atoms with van der Waals surface area (Å²) in [6, 6.07) is 0. The second-order valence-corrected chi connectivity index (χ2v) is 17.0. The van der Waals surface area contributed by atoms with Gasteiger partial charge in [-0.15, -0.1) is 0 Å². The van der Waals surface area contributed by atoms with E-state index in [1.165, 1.54) is 148 Å². The average Bonchev–Trinajstić information content (AvgIpc) is 3.08. The minimum atomic E-state index is -4.50. The fourth-order valence-corrected chi connectivity index (χ4v) is 6.59. The van der Waals surface area contributed by atoms with Gasteiger partial charge < -0.3 is 28.3 Å². The molecule has 0 fully saturated rings. The van der Waals surface area contributed by atoms with Crippen molar-refractivity contribution in [1.29, 1.82) is 0 Å². The third-order valence-corrected chi connectivity index (χ3v) is 10.2. The molecular formula is C42H82NO7P. The Kier molecular flexibility index (Phi) is 35.3. The topological polar surface area (TPSA) is 105 Å². The van der Waals surface area contributed by atoms with Gasteiger partial charge in [0.05, 0.1) is 27.7 Å². The van der Waals surface area contributed by atoms with Crippen LogP contribution in [0.2, 0.25) is 0 Å². The molecule has 0 aromatic carbocycles. The number of carbonyl (C=O) groups excluding carboxylic acids is 1. The average molecular weight is 744 g/mol. The van der Waals surface area contributed by atoms with E-state index >= 15 is 0 Å². The van der Waals surface area contributed by atoms with Crippen molar-refractivity contribution in [2.24, 2.45) is 0 Å². The normalized spacial score (nSPS) is 14.1. The van der Waals surface area contributed by atoms with Crippen LogP contribution in [0.5, 0.6) is 0 Å². The molecule has 0 rings (SSSR count). The van der Waals surface area contributed by atoms with Crippen LogP contribution in [0.3, 0.4) is 0 Å². The van der Waals surface area contributed by atoms with Gasteiger partial charge in [-0.05, 0) is 38.5 Å². The number of aliphatic hydroxyl groups excluding tert-OH is 1. The summed E-state index contributed by atoms with van der Waals surface area (Å²) in [6.45, 7) is 1.96. The molecule has 51 heavy (non-hydrogen) atoms. The molecule has 0 aliphatic carbocycles. The van der Waals surface area contributed by atoms with Crippen LogP contribution in [0.15, 0.2) is 24.3 Å². The van der Waals surface area contributed by atoms with Gasteiger partial charge in [0.15, 0.2) is 0 Å². The molecule has 0 aliphatic heterocycles. The summed E-state index contributed by atoms with van der Waals surface area (Å²) in [7, 11) is 1.26. The number of ether oxygens (including phenoxy) is 1. The maximum absolute atomic E-state index is 11.9. The summed E-state index contributed by atoms with van der Waals surface area (Å²) in [6.07, 6.45) is 43.5. The first-order valence-electron chi connectivity index (χ1n) is 21.1. The first-order valence-corrected chi connectivity index (χ1v) is 22.6. The minimum absolute atomic E-state index is 0.00674. The third-order valence-electron chi connectivity index (χ3n) is 9.20. The van der Waals surface area contributed by atoms with E-state index in [-0.39, 0.29) is 19.2 Å². The Bertz CT molecular complexity index is 874. The maximum Gasteiger partial charge on any atom is 0.305 e. The van der Waals surface area contributed by atoms with Crippen molar-refractivity contribution in [2.45, 2.75) is 193 Å². The third kappa shape index (κ3) is 41.6. The van der Waals surface area contributed by atoms with Gasteiger partial charge in [0.2, 0.25) is 0 Å². The number of phosphoric ester groups is 1. The second kappa shape index (κ2) is 36.0. The Morgan fingerprint density at radius 3 is 1.47 bits per heavy atom. The molecule has 0 amide bonds. The molecule has 302 valence electrons. The number of likely N-dealkylation sites (N-methyl/N-ethyl adjacent to an activating group) is 1. The van der Waals surface area contributed by atoms with Crippen molar-refractivity contribution in [3.05, 3.63) is 24.3 Å². The van der Waals surface area contributed by atoms with Gasteiger partial charge in [0.1, 0.15) is 25.9 Å². The van der Waals surface area contributed by atoms with Crippen LogP contribution in [-0.2, 0) is 23.1 Å². The van der Waals surface area contributed by atoms with E-state index in [2.05, 4.69) is 31.2 Å². The Labute approximate surface area is 315 Å². The zero-order chi connectivity index (χ0) is 37.7. The predicted molar refractivity (Wildman–Crippen MR) is 213 cm³/mol. The Morgan fingerprint density at radius 2 is 1.04 bits per heavy atom. The van der Waals surface area contributed by atoms with Crippen molar-refractivity contribution < 1.29 is 37.6 Å². The fourth-order valence-electron chi connectivity index (χ4n) is 5.86. The van der Waals surface area contributed by atoms with Crippen molar-refractivity contribution in [3.8, 4) is 0 Å². The molecule has 0 spiro atoms. The van der Waals surface area contributed by atoms with E-state index in [1.807, 2.05) is 21.1 Å². The number of carbonyl (C=O) groups is 1. The highest BCUT2D eigenvalue weighted by Gasteiger charge is 2.16. The number of nitrogens with zero attached hydrogens (tertiary/aromatic N) is 1. The maximum atomic E-state index is 11.9. The number of aliphatic hydroxyl groups is 1. The lowest BCUT2D eigenvalue weighted by Crippen LogP contribution is -2.37. The molecule has 9 heteroatoms. The number of rotatable bonds is 39. The van der Waals surface area contributed by atoms with E-state index in [1.54, 1.807) is 0 Å². The zero-order valence-electron chi connectivity index (χ0n) is 33.8. The van der Waals surface area contributed by atoms with E-state index in [0.717, 1.165) is 25.7 Å². The lowest BCUT2D eigenvalue weighted by molar-refractivity contribution is -0.870. The van der Waals surface area contributed by atoms with Crippen LogP contribution in [0.1, 0.15) is 187 Å². The number of quaternary nitrogens is 1. The summed E-state index contributed by atoms with van der Waals surface area (Å²) in [5.74, 6) is -0.384. The molecule has 0 aromatic heterocycles. The highest BCUT2D eigenvalue weighted by molar-refractivity contribution is 7.45. The number of allylic oxidation sites excluding steroid dienone is 4. The Morgan fingerprint density at radius 1 is 0.627 bits per heavy atom. The number of unbranched alkanes of at least 4 members (excludes halogenated alkanes) is 24. The molecular weight excluding hydrogens is 661 g/mol. The number of esters is 1. The molecule has 2 unspecified atom stereocenters. The largest absolute Gasteiger partial charge is 0.756 e. The molecule has 0 aliphatic rings. The van der Waals surface area contributed by atoms with Gasteiger partial charge in [0.25, 0.3) is 7.82 Å². The lowest BCUT2D eigenvalue weighted by atomic mass is 10.0. The van der Waals surface area contributed by atoms with Crippen LogP contribution in [0, 0.1) is 0 Å². The van der Waals surface area contributed by atoms with Crippen molar-refractivity contribution in [3.63, 3.8) is 0 Å². The smallest absolute Gasteiger partial charge is 0.305 e. The Balaban J connectivity index is 3.36. The molecule has 0 heterocycles. The van der Waals surface area contributed by atoms with Crippen molar-refractivity contribution >= 4 is 13.8 Å². The minimum Gasteiger partial charge on any atom is -0.756 e. The SMILES string of the molecule is CCCCCCC/C=C\C/C=C\CCCCCCCCCCCCCCCCCCCCCC(=O)OCC(O)COP(=O)([O-])OCC[N+](C)(C)C. The highest BCUT2D eigenvalue weighted by atomic mass is 31.2. The molecule has 0 saturated heterocycles. The van der Waals surface area contributed by atoms with Crippen LogP contribution >= 0.6 is 7.82 Å². The van der Waals surface area contributed by atoms with Gasteiger partial charge >= 0.3 is 5.97 Å². The number of hydrogen-bond acceptors (Lipinski definition) is 7. The standard InChI is InChI=1S/C42H82NO7P/c1-5-6-7-8-9-10-11-12-13-14-15-16-17-18-19-20-21-22-23-24-25-26-27-28-29-30-31-32-33-34-35-36-42(45)48-39-41(44)40-50-51(46,47)49-38-37-43(2,3)4/h11-12,14-15,41,44H,5-10,13,16-40H2,1-4H3/b12-11-,15-14-. The quantitative estimate of drug-likeness (QED) is 0.0220. The first-order chi connectivity index (χ1) is 24.6. The zero-order valence-corrected chi connectivity index (χ0v) is 34.7. The molecule has 0 bridgehead atoms. The molecule has 0 saturated carbocycles. The number of hydrogen-bond donors (Lipinski definition) is 1. The van der Waals surface area contributed by atoms with Gasteiger partial charge in [0, 0.05) is 6.42 Å². The second-order valence-electron chi connectivity index (χ2n) is 15.6. The van der Waals surface area contributed by atoms with E-state index < -0.39 is 20.5 Å². The monoisotopic (exact) mass is 744 g/mol. The summed E-state index contributed by atoms with van der Waals surface area (Å²) >= 11 is 0. The van der Waals surface area contributed by atoms with Crippen LogP contribution < -0.4 is 4.89 Å². The summed E-state index contributed by atoms with van der Waals surface area (Å²) < 4.78 is 26.9. The van der Waals surface area contributed by atoms with Crippen molar-refractivity contribution in [2.75, 3.05) is 47.5 Å². The lowest BCUT2D eigenvalue weighted by Gasteiger charge is -2.27. The molecule has 8 nitrogen and oxygen atoms in total. The van der Waals surface area contributed by atoms with E-state index in [4.69, 9.17) is 13.8 Å². The van der Waals surface area contributed by atoms with Crippen LogP contribution in [0.4, 0.5) is 0 Å². The van der Waals surface area contributed by atoms with Crippen LogP contribution in [-0.4, -0.2) is 69.2 Å². The molecule has 0 aromatic rings. The summed E-state index contributed by atoms with van der Waals surface area (Å²) in [4.78, 5) is 23.7. The van der Waals surface area contributed by atoms with Gasteiger partial charge in [-0.2, -0.15) is 0 Å². The van der Waals surface area contributed by atoms with Gasteiger partial charge in [-0.3, -0.25) is 9.36 Å². The molecule has 1 N–H and O–H groups in total. The fraction of sp³-hybridized carbons (Fsp3) is 0.881. The van der Waals surface area contributed by atoms with Crippen molar-refractivity contribution in [1.82, 2.24) is 0 Å². The first kappa shape index (κ1) is 50.0. The molecule has 0 radical (unpaired) electrons. The van der Waals surface area contributed by atoms with Crippen LogP contribution in [0.25, 0.3) is 0 Å². The summed E-state index contributed by atoms with van der Waals surface area (Å²) in [5, 5.41) is 9.88. The summed E-state index contributed by atoms with van der Waals surface area (Å²) in [5.41, 5.74) is 0. The van der Waals surface area contributed by atoms with E-state index in [0.29, 0.717) is 17.4 Å². The van der Waals surface area contributed by atoms with Gasteiger partial charge in [-0.1, -0.05) is 166 Å². The molecule has 2 atom stereocenters. The Hall–Kier alpha value is -1.02. The van der Waals surface area contributed by atoms with Gasteiger partial charge in [-0.25, -0.2) is 0 Å². The highest BCUT2D eigenvalue weighted by Crippen LogP contribution is 2.38. The van der Waals surface area contributed by atoms with E-state index in [9.17, 15) is 19.4 Å². The number of phosphoric acid groups is 1. The predicted octanol–water partition coefficient (Wildman–Crippen LogP) is 11.2.